The molecule has 0 aliphatic heterocycles. The van der Waals surface area contributed by atoms with E-state index in [0.29, 0.717) is 10.6 Å². The van der Waals surface area contributed by atoms with Gasteiger partial charge in [0.05, 0.1) is 9.92 Å². The molecule has 2 rings (SSSR count). The highest BCUT2D eigenvalue weighted by atomic mass is 35.5. The summed E-state index contributed by atoms with van der Waals surface area (Å²) in [6.45, 7) is 1.98. The number of halogens is 2. The molecule has 0 amide bonds. The average molecular weight is 422 g/mol. The predicted molar refractivity (Wildman–Crippen MR) is 99.3 cm³/mol. The molecule has 2 aromatic rings. The van der Waals surface area contributed by atoms with Gasteiger partial charge in [0.15, 0.2) is 9.84 Å². The molecule has 136 valence electrons. The van der Waals surface area contributed by atoms with Crippen LogP contribution in [0.1, 0.15) is 12.5 Å². The summed E-state index contributed by atoms with van der Waals surface area (Å²) in [5.41, 5.74) is 0.716. The van der Waals surface area contributed by atoms with E-state index >= 15 is 0 Å². The summed E-state index contributed by atoms with van der Waals surface area (Å²) in [5, 5.41) is 0.472. The van der Waals surface area contributed by atoms with Crippen molar-refractivity contribution >= 4 is 43.1 Å². The zero-order chi connectivity index (χ0) is 18.8. The van der Waals surface area contributed by atoms with Gasteiger partial charge in [-0.1, -0.05) is 42.3 Å². The first-order chi connectivity index (χ1) is 11.6. The molecule has 0 atom stereocenters. The van der Waals surface area contributed by atoms with Crippen LogP contribution >= 0.6 is 23.2 Å². The van der Waals surface area contributed by atoms with Crippen molar-refractivity contribution in [1.82, 2.24) is 4.31 Å². The Bertz CT molecular complexity index is 989. The van der Waals surface area contributed by atoms with Crippen molar-refractivity contribution in [2.24, 2.45) is 0 Å². The fourth-order valence-corrected chi connectivity index (χ4v) is 5.13. The lowest BCUT2D eigenvalue weighted by atomic mass is 10.2. The van der Waals surface area contributed by atoms with Crippen molar-refractivity contribution < 1.29 is 16.8 Å². The van der Waals surface area contributed by atoms with Crippen LogP contribution < -0.4 is 0 Å². The number of hydrogen-bond donors (Lipinski definition) is 0. The molecule has 2 aromatic carbocycles. The van der Waals surface area contributed by atoms with E-state index in [1.165, 1.54) is 16.4 Å². The van der Waals surface area contributed by atoms with E-state index in [-0.39, 0.29) is 27.9 Å². The second-order valence-electron chi connectivity index (χ2n) is 5.43. The van der Waals surface area contributed by atoms with Crippen LogP contribution in [-0.4, -0.2) is 33.9 Å². The largest absolute Gasteiger partial charge is 0.244 e. The maximum absolute atomic E-state index is 13.0. The quantitative estimate of drug-likeness (QED) is 0.713. The summed E-state index contributed by atoms with van der Waals surface area (Å²) in [5.74, 6) is 0. The fraction of sp³-hybridized carbons (Fsp3) is 0.250. The van der Waals surface area contributed by atoms with Gasteiger partial charge in [-0.25, -0.2) is 16.8 Å². The summed E-state index contributed by atoms with van der Waals surface area (Å²) < 4.78 is 50.6. The van der Waals surface area contributed by atoms with Crippen molar-refractivity contribution in [3.63, 3.8) is 0 Å². The summed E-state index contributed by atoms with van der Waals surface area (Å²) in [4.78, 5) is -0.338. The van der Waals surface area contributed by atoms with Gasteiger partial charge in [-0.2, -0.15) is 4.31 Å². The highest BCUT2D eigenvalue weighted by Crippen LogP contribution is 2.28. The highest BCUT2D eigenvalue weighted by Gasteiger charge is 2.27. The predicted octanol–water partition coefficient (Wildman–Crippen LogP) is 3.61. The average Bonchev–Trinajstić information content (AvgIpc) is 2.51. The first kappa shape index (κ1) is 20.2. The van der Waals surface area contributed by atoms with Gasteiger partial charge in [0.25, 0.3) is 0 Å². The summed E-state index contributed by atoms with van der Waals surface area (Å²) in [7, 11) is -7.54. The molecule has 0 saturated carbocycles. The van der Waals surface area contributed by atoms with E-state index in [1.54, 1.807) is 31.2 Å². The molecular weight excluding hydrogens is 405 g/mol. The van der Waals surface area contributed by atoms with E-state index in [0.717, 1.165) is 12.3 Å². The van der Waals surface area contributed by atoms with Crippen LogP contribution in [0.5, 0.6) is 0 Å². The van der Waals surface area contributed by atoms with Crippen LogP contribution in [-0.2, 0) is 26.4 Å². The number of nitrogens with zero attached hydrogens (tertiary/aromatic N) is 1. The Morgan fingerprint density at radius 1 is 1.00 bits per heavy atom. The standard InChI is InChI=1S/C16H17Cl2NO4S2/c1-3-19(11-12-5-4-6-13(17)9-12)25(22,23)16-10-14(24(2,20)21)7-8-15(16)18/h4-10H,3,11H2,1-2H3. The van der Waals surface area contributed by atoms with E-state index in [2.05, 4.69) is 0 Å². The number of hydrogen-bond acceptors (Lipinski definition) is 4. The van der Waals surface area contributed by atoms with Crippen molar-refractivity contribution in [1.29, 1.82) is 0 Å². The number of benzene rings is 2. The normalized spacial score (nSPS) is 12.5. The van der Waals surface area contributed by atoms with Crippen molar-refractivity contribution in [2.75, 3.05) is 12.8 Å². The van der Waals surface area contributed by atoms with Gasteiger partial charge in [-0.3, -0.25) is 0 Å². The first-order valence-corrected chi connectivity index (χ1v) is 11.4. The molecule has 9 heteroatoms. The Kier molecular flexibility index (Phi) is 6.17. The van der Waals surface area contributed by atoms with Crippen LogP contribution in [0, 0.1) is 0 Å². The number of sulfonamides is 1. The molecule has 0 bridgehead atoms. The monoisotopic (exact) mass is 421 g/mol. The molecule has 0 N–H and O–H groups in total. The summed E-state index contributed by atoms with van der Waals surface area (Å²) >= 11 is 12.0. The summed E-state index contributed by atoms with van der Waals surface area (Å²) in [6.07, 6.45) is 1.01. The summed E-state index contributed by atoms with van der Waals surface area (Å²) in [6, 6.07) is 10.5. The van der Waals surface area contributed by atoms with Gasteiger partial charge >= 0.3 is 0 Å². The Balaban J connectivity index is 2.48. The molecule has 0 radical (unpaired) electrons. The van der Waals surface area contributed by atoms with Crippen LogP contribution in [0.15, 0.2) is 52.3 Å². The Morgan fingerprint density at radius 3 is 2.24 bits per heavy atom. The molecule has 0 aliphatic rings. The Labute approximate surface area is 158 Å². The molecule has 0 heterocycles. The molecule has 0 aromatic heterocycles. The van der Waals surface area contributed by atoms with E-state index in [4.69, 9.17) is 23.2 Å². The topological polar surface area (TPSA) is 71.5 Å². The fourth-order valence-electron chi connectivity index (χ4n) is 2.26. The van der Waals surface area contributed by atoms with Crippen molar-refractivity contribution in [3.05, 3.63) is 58.1 Å². The number of rotatable bonds is 6. The minimum atomic E-state index is -3.98. The van der Waals surface area contributed by atoms with Gasteiger partial charge in [0.2, 0.25) is 10.0 Å². The lowest BCUT2D eigenvalue weighted by Crippen LogP contribution is -2.30. The van der Waals surface area contributed by atoms with Gasteiger partial charge < -0.3 is 0 Å². The first-order valence-electron chi connectivity index (χ1n) is 7.30. The molecule has 0 aliphatic carbocycles. The maximum atomic E-state index is 13.0. The lowest BCUT2D eigenvalue weighted by Gasteiger charge is -2.21. The minimum absolute atomic E-state index is 0.0306. The maximum Gasteiger partial charge on any atom is 0.244 e. The third kappa shape index (κ3) is 4.74. The van der Waals surface area contributed by atoms with Gasteiger partial charge in [0.1, 0.15) is 4.90 Å². The van der Waals surface area contributed by atoms with Gasteiger partial charge in [-0.15, -0.1) is 0 Å². The zero-order valence-electron chi connectivity index (χ0n) is 13.6. The SMILES string of the molecule is CCN(Cc1cccc(Cl)c1)S(=O)(=O)c1cc(S(C)(=O)=O)ccc1Cl. The van der Waals surface area contributed by atoms with E-state index in [9.17, 15) is 16.8 Å². The van der Waals surface area contributed by atoms with Crippen molar-refractivity contribution in [3.8, 4) is 0 Å². The molecule has 25 heavy (non-hydrogen) atoms. The zero-order valence-corrected chi connectivity index (χ0v) is 16.8. The molecule has 0 unspecified atom stereocenters. The lowest BCUT2D eigenvalue weighted by molar-refractivity contribution is 0.423. The third-order valence-corrected chi connectivity index (χ3v) is 7.30. The number of sulfone groups is 1. The van der Waals surface area contributed by atoms with Crippen LogP contribution in [0.2, 0.25) is 10.0 Å². The van der Waals surface area contributed by atoms with Crippen molar-refractivity contribution in [2.45, 2.75) is 23.3 Å². The molecule has 0 saturated heterocycles. The molecule has 0 spiro atoms. The van der Waals surface area contributed by atoms with Gasteiger partial charge in [-0.05, 0) is 35.9 Å². The van der Waals surface area contributed by atoms with E-state index < -0.39 is 19.9 Å². The Hall–Kier alpha value is -1.12. The van der Waals surface area contributed by atoms with Crippen LogP contribution in [0.3, 0.4) is 0 Å². The van der Waals surface area contributed by atoms with E-state index in [1.807, 2.05) is 0 Å². The second kappa shape index (κ2) is 7.63. The molecule has 0 fully saturated rings. The molecule has 5 nitrogen and oxygen atoms in total. The van der Waals surface area contributed by atoms with Crippen LogP contribution in [0.25, 0.3) is 0 Å². The second-order valence-corrected chi connectivity index (χ2v) is 10.2. The minimum Gasteiger partial charge on any atom is -0.224 e. The van der Waals surface area contributed by atoms with Crippen LogP contribution in [0.4, 0.5) is 0 Å². The Morgan fingerprint density at radius 2 is 1.68 bits per heavy atom. The van der Waals surface area contributed by atoms with Gasteiger partial charge in [0, 0.05) is 24.4 Å². The smallest absolute Gasteiger partial charge is 0.224 e. The third-order valence-electron chi connectivity index (χ3n) is 3.55. The molecular formula is C16H17Cl2NO4S2. The highest BCUT2D eigenvalue weighted by molar-refractivity contribution is 7.91.